The van der Waals surface area contributed by atoms with Crippen LogP contribution in [-0.2, 0) is 6.42 Å². The molecule has 0 bridgehead atoms. The number of nitrogens with zero attached hydrogens (tertiary/aromatic N) is 1. The Kier molecular flexibility index (Phi) is 4.61. The van der Waals surface area contributed by atoms with Crippen LogP contribution < -0.4 is 10.1 Å². The van der Waals surface area contributed by atoms with E-state index in [0.29, 0.717) is 12.1 Å². The van der Waals surface area contributed by atoms with Gasteiger partial charge in [-0.25, -0.2) is 0 Å². The zero-order chi connectivity index (χ0) is 13.0. The Labute approximate surface area is 110 Å². The SMILES string of the molecule is CC(C)N(C)CCNCC1Cc2ccccc2O1. The molecule has 0 radical (unpaired) electrons. The second-order valence-corrected chi connectivity index (χ2v) is 5.33. The van der Waals surface area contributed by atoms with E-state index in [1.165, 1.54) is 5.56 Å². The summed E-state index contributed by atoms with van der Waals surface area (Å²) in [5.41, 5.74) is 1.34. The van der Waals surface area contributed by atoms with Gasteiger partial charge in [-0.3, -0.25) is 0 Å². The number of nitrogens with one attached hydrogen (secondary N) is 1. The molecule has 0 aromatic heterocycles. The molecular formula is C15H24N2O. The molecule has 0 fully saturated rings. The highest BCUT2D eigenvalue weighted by Crippen LogP contribution is 2.27. The molecule has 0 amide bonds. The minimum absolute atomic E-state index is 0.298. The van der Waals surface area contributed by atoms with Crippen molar-refractivity contribution in [2.75, 3.05) is 26.7 Å². The van der Waals surface area contributed by atoms with Gasteiger partial charge >= 0.3 is 0 Å². The fourth-order valence-corrected chi connectivity index (χ4v) is 2.14. The predicted molar refractivity (Wildman–Crippen MR) is 75.2 cm³/mol. The van der Waals surface area contributed by atoms with Crippen LogP contribution in [0.5, 0.6) is 5.75 Å². The standard InChI is InChI=1S/C15H24N2O/c1-12(2)17(3)9-8-16-11-14-10-13-6-4-5-7-15(13)18-14/h4-7,12,14,16H,8-11H2,1-3H3. The van der Waals surface area contributed by atoms with Crippen LogP contribution in [0.25, 0.3) is 0 Å². The van der Waals surface area contributed by atoms with Gasteiger partial charge < -0.3 is 15.0 Å². The molecule has 0 saturated heterocycles. The minimum Gasteiger partial charge on any atom is -0.488 e. The molecule has 1 aromatic rings. The Morgan fingerprint density at radius 3 is 2.89 bits per heavy atom. The molecule has 3 heteroatoms. The van der Waals surface area contributed by atoms with Crippen LogP contribution in [0, 0.1) is 0 Å². The highest BCUT2D eigenvalue weighted by molar-refractivity contribution is 5.37. The van der Waals surface area contributed by atoms with Gasteiger partial charge in [0, 0.05) is 32.1 Å². The summed E-state index contributed by atoms with van der Waals surface area (Å²) < 4.78 is 5.89. The molecule has 18 heavy (non-hydrogen) atoms. The van der Waals surface area contributed by atoms with Crippen LogP contribution in [0.15, 0.2) is 24.3 Å². The van der Waals surface area contributed by atoms with Gasteiger partial charge in [0.1, 0.15) is 11.9 Å². The third-order valence-electron chi connectivity index (χ3n) is 3.61. The maximum atomic E-state index is 5.89. The van der Waals surface area contributed by atoms with E-state index in [9.17, 15) is 0 Å². The molecule has 1 aliphatic rings. The fourth-order valence-electron chi connectivity index (χ4n) is 2.14. The van der Waals surface area contributed by atoms with Crippen molar-refractivity contribution in [3.8, 4) is 5.75 Å². The topological polar surface area (TPSA) is 24.5 Å². The van der Waals surface area contributed by atoms with Gasteiger partial charge in [0.25, 0.3) is 0 Å². The number of para-hydroxylation sites is 1. The van der Waals surface area contributed by atoms with E-state index in [4.69, 9.17) is 4.74 Å². The maximum absolute atomic E-state index is 5.89. The zero-order valence-electron chi connectivity index (χ0n) is 11.6. The first-order valence-electron chi connectivity index (χ1n) is 6.82. The van der Waals surface area contributed by atoms with E-state index < -0.39 is 0 Å². The first-order chi connectivity index (χ1) is 8.66. The Morgan fingerprint density at radius 1 is 1.39 bits per heavy atom. The van der Waals surface area contributed by atoms with Crippen molar-refractivity contribution in [3.05, 3.63) is 29.8 Å². The van der Waals surface area contributed by atoms with E-state index >= 15 is 0 Å². The lowest BCUT2D eigenvalue weighted by atomic mass is 10.1. The van der Waals surface area contributed by atoms with Gasteiger partial charge in [-0.15, -0.1) is 0 Å². The molecule has 0 aliphatic carbocycles. The summed E-state index contributed by atoms with van der Waals surface area (Å²) in [4.78, 5) is 2.34. The number of fused-ring (bicyclic) bond motifs is 1. The van der Waals surface area contributed by atoms with E-state index in [-0.39, 0.29) is 0 Å². The summed E-state index contributed by atoms with van der Waals surface area (Å²) in [5.74, 6) is 1.06. The van der Waals surface area contributed by atoms with Crippen LogP contribution in [0.3, 0.4) is 0 Å². The van der Waals surface area contributed by atoms with Crippen molar-refractivity contribution in [1.82, 2.24) is 10.2 Å². The number of ether oxygens (including phenoxy) is 1. The molecule has 1 N–H and O–H groups in total. The molecule has 1 heterocycles. The lowest BCUT2D eigenvalue weighted by molar-refractivity contribution is 0.220. The van der Waals surface area contributed by atoms with Crippen molar-refractivity contribution in [1.29, 1.82) is 0 Å². The normalized spacial score (nSPS) is 18.2. The Morgan fingerprint density at radius 2 is 2.17 bits per heavy atom. The highest BCUT2D eigenvalue weighted by atomic mass is 16.5. The lowest BCUT2D eigenvalue weighted by Gasteiger charge is -2.21. The maximum Gasteiger partial charge on any atom is 0.123 e. The highest BCUT2D eigenvalue weighted by Gasteiger charge is 2.21. The number of hydrogen-bond donors (Lipinski definition) is 1. The first-order valence-corrected chi connectivity index (χ1v) is 6.82. The molecule has 100 valence electrons. The van der Waals surface area contributed by atoms with Crippen molar-refractivity contribution in [2.45, 2.75) is 32.4 Å². The monoisotopic (exact) mass is 248 g/mol. The van der Waals surface area contributed by atoms with Gasteiger partial charge in [-0.05, 0) is 32.5 Å². The van der Waals surface area contributed by atoms with Crippen LogP contribution in [0.1, 0.15) is 19.4 Å². The number of hydrogen-bond acceptors (Lipinski definition) is 3. The molecule has 1 unspecified atom stereocenters. The largest absolute Gasteiger partial charge is 0.488 e. The molecule has 1 aromatic carbocycles. The number of rotatable bonds is 6. The number of benzene rings is 1. The summed E-state index contributed by atoms with van der Waals surface area (Å²) in [6.07, 6.45) is 1.33. The van der Waals surface area contributed by atoms with E-state index in [0.717, 1.165) is 31.8 Å². The van der Waals surface area contributed by atoms with Crippen molar-refractivity contribution < 1.29 is 4.74 Å². The van der Waals surface area contributed by atoms with E-state index in [1.807, 2.05) is 6.07 Å². The van der Waals surface area contributed by atoms with Gasteiger partial charge in [-0.2, -0.15) is 0 Å². The summed E-state index contributed by atoms with van der Waals surface area (Å²) >= 11 is 0. The molecular weight excluding hydrogens is 224 g/mol. The molecule has 0 saturated carbocycles. The lowest BCUT2D eigenvalue weighted by Crippen LogP contribution is -2.37. The van der Waals surface area contributed by atoms with Crippen molar-refractivity contribution >= 4 is 0 Å². The zero-order valence-corrected chi connectivity index (χ0v) is 11.6. The smallest absolute Gasteiger partial charge is 0.123 e. The summed E-state index contributed by atoms with van der Waals surface area (Å²) in [7, 11) is 2.16. The average molecular weight is 248 g/mol. The Bertz CT molecular complexity index is 354. The van der Waals surface area contributed by atoms with Gasteiger partial charge in [0.2, 0.25) is 0 Å². The Hall–Kier alpha value is -1.06. The number of likely N-dealkylation sites (N-methyl/N-ethyl adjacent to an activating group) is 1. The van der Waals surface area contributed by atoms with Crippen molar-refractivity contribution in [2.24, 2.45) is 0 Å². The van der Waals surface area contributed by atoms with Gasteiger partial charge in [-0.1, -0.05) is 18.2 Å². The average Bonchev–Trinajstić information content (AvgIpc) is 2.76. The quantitative estimate of drug-likeness (QED) is 0.778. The summed E-state index contributed by atoms with van der Waals surface area (Å²) in [6, 6.07) is 8.93. The molecule has 1 atom stereocenters. The fraction of sp³-hybridized carbons (Fsp3) is 0.600. The third kappa shape index (κ3) is 3.47. The minimum atomic E-state index is 0.298. The van der Waals surface area contributed by atoms with Crippen molar-refractivity contribution in [3.63, 3.8) is 0 Å². The van der Waals surface area contributed by atoms with Gasteiger partial charge in [0.15, 0.2) is 0 Å². The van der Waals surface area contributed by atoms with Crippen LogP contribution in [0.4, 0.5) is 0 Å². The second-order valence-electron chi connectivity index (χ2n) is 5.33. The van der Waals surface area contributed by atoms with Gasteiger partial charge in [0.05, 0.1) is 0 Å². The van der Waals surface area contributed by atoms with Crippen LogP contribution in [-0.4, -0.2) is 43.7 Å². The second kappa shape index (κ2) is 6.21. The Balaban J connectivity index is 1.65. The van der Waals surface area contributed by atoms with Crippen LogP contribution >= 0.6 is 0 Å². The molecule has 3 nitrogen and oxygen atoms in total. The summed E-state index contributed by atoms with van der Waals surface area (Å²) in [6.45, 7) is 7.47. The van der Waals surface area contributed by atoms with Crippen LogP contribution in [0.2, 0.25) is 0 Å². The molecule has 0 spiro atoms. The van der Waals surface area contributed by atoms with E-state index in [1.54, 1.807) is 0 Å². The molecule has 2 rings (SSSR count). The first kappa shape index (κ1) is 13.4. The molecule has 1 aliphatic heterocycles. The third-order valence-corrected chi connectivity index (χ3v) is 3.61. The summed E-state index contributed by atoms with van der Waals surface area (Å²) in [5, 5.41) is 3.48. The predicted octanol–water partition coefficient (Wildman–Crippen LogP) is 1.92. The van der Waals surface area contributed by atoms with E-state index in [2.05, 4.69) is 49.3 Å².